The van der Waals surface area contributed by atoms with E-state index in [0.29, 0.717) is 19.3 Å². The van der Waals surface area contributed by atoms with Gasteiger partial charge in [-0.05, 0) is 83.5 Å². The van der Waals surface area contributed by atoms with Crippen LogP contribution in [-0.2, 0) is 28.6 Å². The van der Waals surface area contributed by atoms with Crippen molar-refractivity contribution in [3.8, 4) is 0 Å². The van der Waals surface area contributed by atoms with Crippen molar-refractivity contribution in [2.75, 3.05) is 13.2 Å². The second-order valence-electron chi connectivity index (χ2n) is 21.3. The van der Waals surface area contributed by atoms with Crippen molar-refractivity contribution in [3.05, 3.63) is 72.9 Å². The van der Waals surface area contributed by atoms with Crippen molar-refractivity contribution in [2.24, 2.45) is 0 Å². The molecule has 0 aliphatic rings. The van der Waals surface area contributed by atoms with Gasteiger partial charge in [-0.3, -0.25) is 14.4 Å². The highest BCUT2D eigenvalue weighted by Gasteiger charge is 2.19. The molecule has 428 valence electrons. The van der Waals surface area contributed by atoms with Crippen molar-refractivity contribution >= 4 is 17.9 Å². The van der Waals surface area contributed by atoms with E-state index in [1.807, 2.05) is 0 Å². The molecule has 0 rings (SSSR count). The minimum atomic E-state index is -0.773. The fourth-order valence-electron chi connectivity index (χ4n) is 9.18. The van der Waals surface area contributed by atoms with Crippen molar-refractivity contribution in [1.29, 1.82) is 0 Å². The van der Waals surface area contributed by atoms with Crippen LogP contribution in [0.2, 0.25) is 0 Å². The van der Waals surface area contributed by atoms with E-state index in [0.717, 1.165) is 103 Å². The van der Waals surface area contributed by atoms with Crippen LogP contribution in [0.5, 0.6) is 0 Å². The molecule has 74 heavy (non-hydrogen) atoms. The Hall–Kier alpha value is -3.15. The molecule has 0 N–H and O–H groups in total. The quantitative estimate of drug-likeness (QED) is 0.0261. The predicted molar refractivity (Wildman–Crippen MR) is 321 cm³/mol. The molecule has 1 atom stereocenters. The zero-order valence-electron chi connectivity index (χ0n) is 49.1. The molecule has 0 aliphatic carbocycles. The summed E-state index contributed by atoms with van der Waals surface area (Å²) in [5.41, 5.74) is 0. The van der Waals surface area contributed by atoms with E-state index in [9.17, 15) is 14.4 Å². The number of allylic oxidation sites excluding steroid dienone is 12. The van der Waals surface area contributed by atoms with E-state index < -0.39 is 6.10 Å². The van der Waals surface area contributed by atoms with Gasteiger partial charge in [0.05, 0.1) is 0 Å². The lowest BCUT2D eigenvalue weighted by molar-refractivity contribution is -0.167. The van der Waals surface area contributed by atoms with Gasteiger partial charge in [-0.1, -0.05) is 293 Å². The number of rotatable bonds is 58. The monoisotopic (exact) mass is 1030 g/mol. The lowest BCUT2D eigenvalue weighted by Crippen LogP contribution is -2.30. The van der Waals surface area contributed by atoms with Crippen LogP contribution in [0.1, 0.15) is 323 Å². The van der Waals surface area contributed by atoms with Gasteiger partial charge in [0.2, 0.25) is 0 Å². The summed E-state index contributed by atoms with van der Waals surface area (Å²) >= 11 is 0. The highest BCUT2D eigenvalue weighted by molar-refractivity contribution is 5.71. The molecule has 0 spiro atoms. The Morgan fingerprint density at radius 3 is 0.892 bits per heavy atom. The number of esters is 3. The van der Waals surface area contributed by atoms with Gasteiger partial charge in [-0.15, -0.1) is 0 Å². The maximum Gasteiger partial charge on any atom is 0.306 e. The van der Waals surface area contributed by atoms with Crippen LogP contribution in [0, 0.1) is 0 Å². The third-order valence-electron chi connectivity index (χ3n) is 13.9. The largest absolute Gasteiger partial charge is 0.462 e. The van der Waals surface area contributed by atoms with Gasteiger partial charge in [0.15, 0.2) is 6.10 Å². The normalized spacial score (nSPS) is 12.5. The average Bonchev–Trinajstić information content (AvgIpc) is 3.40. The van der Waals surface area contributed by atoms with Crippen LogP contribution in [0.3, 0.4) is 0 Å². The molecule has 0 bridgehead atoms. The maximum atomic E-state index is 12.8. The topological polar surface area (TPSA) is 78.9 Å². The minimum Gasteiger partial charge on any atom is -0.462 e. The fraction of sp³-hybridized carbons (Fsp3) is 0.779. The third-order valence-corrected chi connectivity index (χ3v) is 13.9. The molecule has 6 heteroatoms. The summed E-state index contributed by atoms with van der Waals surface area (Å²) < 4.78 is 16.9. The Balaban J connectivity index is 4.05. The molecule has 0 aliphatic heterocycles. The van der Waals surface area contributed by atoms with Crippen LogP contribution in [0.4, 0.5) is 0 Å². The summed E-state index contributed by atoms with van der Waals surface area (Å²) in [5.74, 6) is -0.869. The lowest BCUT2D eigenvalue weighted by Gasteiger charge is -2.18. The Kier molecular flexibility index (Phi) is 59.7. The molecule has 0 fully saturated rings. The first-order chi connectivity index (χ1) is 36.5. The van der Waals surface area contributed by atoms with Gasteiger partial charge in [0.25, 0.3) is 0 Å². The molecule has 0 aromatic heterocycles. The molecule has 0 saturated heterocycles. The summed E-state index contributed by atoms with van der Waals surface area (Å²) in [6, 6.07) is 0. The number of carbonyl (C=O) groups excluding carboxylic acids is 3. The fourth-order valence-corrected chi connectivity index (χ4v) is 9.18. The molecule has 0 amide bonds. The molecular weight excluding hydrogens is 913 g/mol. The molecule has 0 aromatic carbocycles. The van der Waals surface area contributed by atoms with Crippen molar-refractivity contribution < 1.29 is 28.6 Å². The number of unbranched alkanes of at least 4 members (excludes halogenated alkanes) is 35. The smallest absolute Gasteiger partial charge is 0.306 e. The standard InChI is InChI=1S/C68H120O6/c1-4-7-10-13-16-19-22-24-25-26-27-28-29-30-31-32-33-34-35-36-37-38-39-40-41-42-43-45-46-49-52-55-58-61-67(70)73-64-65(63-72-66(69)60-57-54-51-48-21-18-15-12-9-6-3)74-68(71)62-59-56-53-50-47-44-23-20-17-14-11-8-5-2/h7,10,12,15-16,19,24-25,27-28,30-31,65H,4-6,8-9,11,13-14,17-18,20-23,26,29,32-64H2,1-3H3/b10-7-,15-12-,19-16-,25-24-,28-27-,31-30-. The second kappa shape index (κ2) is 62.4. The van der Waals surface area contributed by atoms with Gasteiger partial charge in [0, 0.05) is 19.3 Å². The van der Waals surface area contributed by atoms with Gasteiger partial charge < -0.3 is 14.2 Å². The van der Waals surface area contributed by atoms with Gasteiger partial charge >= 0.3 is 17.9 Å². The van der Waals surface area contributed by atoms with Crippen LogP contribution in [-0.4, -0.2) is 37.2 Å². The maximum absolute atomic E-state index is 12.8. The molecule has 0 heterocycles. The number of hydrogen-bond donors (Lipinski definition) is 0. The zero-order valence-corrected chi connectivity index (χ0v) is 49.1. The molecule has 0 saturated carbocycles. The van der Waals surface area contributed by atoms with Gasteiger partial charge in [0.1, 0.15) is 13.2 Å². The van der Waals surface area contributed by atoms with E-state index >= 15 is 0 Å². The van der Waals surface area contributed by atoms with Crippen LogP contribution >= 0.6 is 0 Å². The highest BCUT2D eigenvalue weighted by Crippen LogP contribution is 2.17. The first-order valence-corrected chi connectivity index (χ1v) is 31.9. The van der Waals surface area contributed by atoms with E-state index in [4.69, 9.17) is 14.2 Å². The van der Waals surface area contributed by atoms with Gasteiger partial charge in [-0.2, -0.15) is 0 Å². The Morgan fingerprint density at radius 1 is 0.284 bits per heavy atom. The summed E-state index contributed by atoms with van der Waals surface area (Å²) in [6.45, 7) is 6.49. The average molecular weight is 1030 g/mol. The number of carbonyl (C=O) groups is 3. The first-order valence-electron chi connectivity index (χ1n) is 31.9. The van der Waals surface area contributed by atoms with Crippen molar-refractivity contribution in [2.45, 2.75) is 329 Å². The van der Waals surface area contributed by atoms with Crippen LogP contribution in [0.25, 0.3) is 0 Å². The second-order valence-corrected chi connectivity index (χ2v) is 21.3. The van der Waals surface area contributed by atoms with E-state index in [1.54, 1.807) is 0 Å². The molecule has 0 aromatic rings. The first kappa shape index (κ1) is 70.8. The Bertz CT molecular complexity index is 1370. The Labute approximate surface area is 459 Å². The van der Waals surface area contributed by atoms with Gasteiger partial charge in [-0.25, -0.2) is 0 Å². The van der Waals surface area contributed by atoms with Crippen LogP contribution < -0.4 is 0 Å². The number of hydrogen-bond acceptors (Lipinski definition) is 6. The van der Waals surface area contributed by atoms with Crippen molar-refractivity contribution in [3.63, 3.8) is 0 Å². The van der Waals surface area contributed by atoms with Crippen LogP contribution in [0.15, 0.2) is 72.9 Å². The highest BCUT2D eigenvalue weighted by atomic mass is 16.6. The van der Waals surface area contributed by atoms with E-state index in [1.165, 1.54) is 180 Å². The zero-order chi connectivity index (χ0) is 53.6. The Morgan fingerprint density at radius 2 is 0.554 bits per heavy atom. The molecule has 1 unspecified atom stereocenters. The summed E-state index contributed by atoms with van der Waals surface area (Å²) in [5, 5.41) is 0. The SMILES string of the molecule is CC/C=C\C/C=C\C/C=C\C/C=C\C/C=C\CCCCCCCCCCCCCCCCCCCC(=O)OCC(COC(=O)CCCCCCC/C=C\CCC)OC(=O)CCCCCCCCCCCCCCC. The number of ether oxygens (including phenoxy) is 3. The lowest BCUT2D eigenvalue weighted by atomic mass is 10.0. The molecule has 0 radical (unpaired) electrons. The summed E-state index contributed by atoms with van der Waals surface area (Å²) in [4.78, 5) is 38.1. The minimum absolute atomic E-state index is 0.0728. The third kappa shape index (κ3) is 59.7. The summed E-state index contributed by atoms with van der Waals surface area (Å²) in [7, 11) is 0. The molecular formula is C68H120O6. The van der Waals surface area contributed by atoms with Crippen molar-refractivity contribution in [1.82, 2.24) is 0 Å². The van der Waals surface area contributed by atoms with E-state index in [2.05, 4.69) is 93.7 Å². The summed E-state index contributed by atoms with van der Waals surface area (Å²) in [6.07, 6.45) is 80.8. The van der Waals surface area contributed by atoms with E-state index in [-0.39, 0.29) is 31.1 Å². The predicted octanol–water partition coefficient (Wildman–Crippen LogP) is 21.7. The molecule has 6 nitrogen and oxygen atoms in total.